The fraction of sp³-hybridized carbons (Fsp3) is 0.812. The van der Waals surface area contributed by atoms with Crippen molar-refractivity contribution >= 4 is 11.6 Å². The third kappa shape index (κ3) is 3.43. The predicted molar refractivity (Wildman–Crippen MR) is 86.6 cm³/mol. The van der Waals surface area contributed by atoms with Crippen LogP contribution in [0, 0.1) is 5.92 Å². The van der Waals surface area contributed by atoms with Crippen LogP contribution in [-0.4, -0.2) is 29.0 Å². The van der Waals surface area contributed by atoms with E-state index >= 15 is 0 Å². The molecule has 1 heterocycles. The largest absolute Gasteiger partial charge is 0.376 e. The number of aryl methyl sites for hydroxylation is 1. The van der Waals surface area contributed by atoms with Gasteiger partial charge in [-0.15, -0.1) is 0 Å². The molecule has 1 N–H and O–H groups in total. The summed E-state index contributed by atoms with van der Waals surface area (Å²) in [5.41, 5.74) is 0.862. The van der Waals surface area contributed by atoms with E-state index in [0.29, 0.717) is 0 Å². The van der Waals surface area contributed by atoms with Gasteiger partial charge in [-0.25, -0.2) is 0 Å². The number of aromatic nitrogens is 2. The van der Waals surface area contributed by atoms with Gasteiger partial charge in [0.15, 0.2) is 0 Å². The molecule has 0 amide bonds. The zero-order valence-corrected chi connectivity index (χ0v) is 14.4. The molecule has 2 rings (SSSR count). The highest BCUT2D eigenvalue weighted by atomic mass is 35.5. The second-order valence-electron chi connectivity index (χ2n) is 6.34. The quantitative estimate of drug-likeness (QED) is 0.870. The summed E-state index contributed by atoms with van der Waals surface area (Å²) in [6.45, 7) is 5.45. The summed E-state index contributed by atoms with van der Waals surface area (Å²) in [6.07, 6.45) is 7.34. The van der Waals surface area contributed by atoms with Crippen LogP contribution in [0.15, 0.2) is 6.20 Å². The van der Waals surface area contributed by atoms with Crippen LogP contribution in [0.2, 0.25) is 5.02 Å². The third-order valence-corrected chi connectivity index (χ3v) is 5.15. The van der Waals surface area contributed by atoms with Crippen LogP contribution in [0.5, 0.6) is 0 Å². The van der Waals surface area contributed by atoms with Gasteiger partial charge in [-0.3, -0.25) is 4.68 Å². The topological polar surface area (TPSA) is 39.1 Å². The Labute approximate surface area is 133 Å². The Morgan fingerprint density at radius 1 is 1.52 bits per heavy atom. The number of methoxy groups -OCH3 is 1. The molecule has 1 atom stereocenters. The number of halogens is 1. The molecule has 5 heteroatoms. The lowest BCUT2D eigenvalue weighted by Crippen LogP contribution is -2.48. The normalized spacial score (nSPS) is 27.8. The third-order valence-electron chi connectivity index (χ3n) is 4.86. The van der Waals surface area contributed by atoms with Crippen LogP contribution < -0.4 is 5.32 Å². The Hall–Kier alpha value is -0.580. The van der Waals surface area contributed by atoms with Crippen LogP contribution >= 0.6 is 11.6 Å². The summed E-state index contributed by atoms with van der Waals surface area (Å²) in [7, 11) is 3.79. The fourth-order valence-corrected chi connectivity index (χ4v) is 3.70. The van der Waals surface area contributed by atoms with Crippen molar-refractivity contribution in [2.75, 3.05) is 13.7 Å². The van der Waals surface area contributed by atoms with Crippen molar-refractivity contribution in [2.24, 2.45) is 13.0 Å². The van der Waals surface area contributed by atoms with Crippen molar-refractivity contribution in [3.63, 3.8) is 0 Å². The van der Waals surface area contributed by atoms with Gasteiger partial charge in [0.05, 0.1) is 28.6 Å². The Morgan fingerprint density at radius 2 is 2.19 bits per heavy atom. The maximum atomic E-state index is 6.41. The van der Waals surface area contributed by atoms with Crippen molar-refractivity contribution in [3.8, 4) is 0 Å². The molecule has 1 aromatic rings. The van der Waals surface area contributed by atoms with Gasteiger partial charge >= 0.3 is 0 Å². The molecule has 0 aliphatic heterocycles. The molecule has 1 saturated carbocycles. The molecule has 1 aromatic heterocycles. The number of nitrogens with zero attached hydrogens (tertiary/aromatic N) is 2. The van der Waals surface area contributed by atoms with Gasteiger partial charge in [0.1, 0.15) is 0 Å². The molecule has 120 valence electrons. The van der Waals surface area contributed by atoms with Gasteiger partial charge in [0.25, 0.3) is 0 Å². The first-order chi connectivity index (χ1) is 10.0. The second kappa shape index (κ2) is 7.12. The highest BCUT2D eigenvalue weighted by Gasteiger charge is 2.44. The van der Waals surface area contributed by atoms with E-state index < -0.39 is 0 Å². The Bertz CT molecular complexity index is 433. The van der Waals surface area contributed by atoms with E-state index in [-0.39, 0.29) is 11.6 Å². The van der Waals surface area contributed by atoms with E-state index in [1.807, 2.05) is 18.8 Å². The molecule has 0 saturated heterocycles. The van der Waals surface area contributed by atoms with Gasteiger partial charge in [0.2, 0.25) is 0 Å². The number of hydrogen-bond donors (Lipinski definition) is 1. The smallest absolute Gasteiger partial charge is 0.0888 e. The summed E-state index contributed by atoms with van der Waals surface area (Å²) >= 11 is 6.41. The minimum atomic E-state index is -0.181. The van der Waals surface area contributed by atoms with Crippen molar-refractivity contribution in [3.05, 3.63) is 16.9 Å². The Balaban J connectivity index is 2.34. The highest BCUT2D eigenvalue weighted by Crippen LogP contribution is 2.44. The van der Waals surface area contributed by atoms with E-state index in [1.165, 1.54) is 12.8 Å². The first-order valence-electron chi connectivity index (χ1n) is 8.00. The molecule has 1 aliphatic carbocycles. The zero-order valence-electron chi connectivity index (χ0n) is 13.7. The first-order valence-corrected chi connectivity index (χ1v) is 8.37. The van der Waals surface area contributed by atoms with E-state index in [0.717, 1.165) is 42.4 Å². The SMILES string of the molecule is CCCNC(c1c(Cl)cnn1C)C1(OC)CCC(C)CC1. The van der Waals surface area contributed by atoms with Gasteiger partial charge in [-0.2, -0.15) is 5.10 Å². The molecular weight excluding hydrogens is 286 g/mol. The van der Waals surface area contributed by atoms with Gasteiger partial charge in [-0.1, -0.05) is 25.4 Å². The van der Waals surface area contributed by atoms with Crippen molar-refractivity contribution < 1.29 is 4.74 Å². The van der Waals surface area contributed by atoms with Crippen LogP contribution in [0.3, 0.4) is 0 Å². The predicted octanol–water partition coefficient (Wildman–Crippen LogP) is 3.71. The second-order valence-corrected chi connectivity index (χ2v) is 6.75. The van der Waals surface area contributed by atoms with Gasteiger partial charge in [-0.05, 0) is 44.6 Å². The highest BCUT2D eigenvalue weighted by molar-refractivity contribution is 6.31. The fourth-order valence-electron chi connectivity index (χ4n) is 3.43. The number of nitrogens with one attached hydrogen (secondary N) is 1. The van der Waals surface area contributed by atoms with E-state index in [1.54, 1.807) is 6.20 Å². The maximum Gasteiger partial charge on any atom is 0.0888 e. The van der Waals surface area contributed by atoms with Crippen LogP contribution in [0.25, 0.3) is 0 Å². The molecule has 0 radical (unpaired) electrons. The van der Waals surface area contributed by atoms with Crippen LogP contribution in [0.1, 0.15) is 57.7 Å². The van der Waals surface area contributed by atoms with E-state index in [4.69, 9.17) is 16.3 Å². The molecule has 0 bridgehead atoms. The molecule has 1 unspecified atom stereocenters. The number of hydrogen-bond acceptors (Lipinski definition) is 3. The first kappa shape index (κ1) is 16.8. The van der Waals surface area contributed by atoms with Gasteiger partial charge < -0.3 is 10.1 Å². The number of ether oxygens (including phenoxy) is 1. The molecule has 1 fully saturated rings. The molecule has 0 spiro atoms. The maximum absolute atomic E-state index is 6.41. The van der Waals surface area contributed by atoms with E-state index in [9.17, 15) is 0 Å². The van der Waals surface area contributed by atoms with Crippen molar-refractivity contribution in [1.82, 2.24) is 15.1 Å². The minimum Gasteiger partial charge on any atom is -0.376 e. The summed E-state index contributed by atoms with van der Waals surface area (Å²) in [5.74, 6) is 0.780. The zero-order chi connectivity index (χ0) is 15.5. The summed E-state index contributed by atoms with van der Waals surface area (Å²) in [6, 6.07) is 0.0925. The number of rotatable bonds is 6. The lowest BCUT2D eigenvalue weighted by atomic mass is 9.74. The van der Waals surface area contributed by atoms with Crippen LogP contribution in [-0.2, 0) is 11.8 Å². The molecule has 21 heavy (non-hydrogen) atoms. The summed E-state index contributed by atoms with van der Waals surface area (Å²) in [4.78, 5) is 0. The lowest BCUT2D eigenvalue weighted by Gasteiger charge is -2.44. The molecule has 1 aliphatic rings. The molecule has 4 nitrogen and oxygen atoms in total. The Kier molecular flexibility index (Phi) is 5.69. The lowest BCUT2D eigenvalue weighted by molar-refractivity contribution is -0.0776. The summed E-state index contributed by atoms with van der Waals surface area (Å²) in [5, 5.41) is 8.69. The minimum absolute atomic E-state index is 0.0925. The van der Waals surface area contributed by atoms with Crippen molar-refractivity contribution in [2.45, 2.75) is 57.6 Å². The molecule has 0 aromatic carbocycles. The van der Waals surface area contributed by atoms with E-state index in [2.05, 4.69) is 24.3 Å². The van der Waals surface area contributed by atoms with Crippen molar-refractivity contribution in [1.29, 1.82) is 0 Å². The molecular formula is C16H28ClN3O. The average molecular weight is 314 g/mol. The Morgan fingerprint density at radius 3 is 2.67 bits per heavy atom. The van der Waals surface area contributed by atoms with Crippen LogP contribution in [0.4, 0.5) is 0 Å². The average Bonchev–Trinajstić information content (AvgIpc) is 2.81. The summed E-state index contributed by atoms with van der Waals surface area (Å²) < 4.78 is 7.94. The monoisotopic (exact) mass is 313 g/mol. The van der Waals surface area contributed by atoms with Gasteiger partial charge in [0, 0.05) is 14.2 Å². The standard InChI is InChI=1S/C16H28ClN3O/c1-5-10-18-15(14-13(17)11-19-20(14)3)16(21-4)8-6-12(2)7-9-16/h11-12,15,18H,5-10H2,1-4H3.